The monoisotopic (exact) mass is 307 g/mol. The molecular formula is C16H22ClN3O. The van der Waals surface area contributed by atoms with E-state index >= 15 is 0 Å². The van der Waals surface area contributed by atoms with Gasteiger partial charge in [-0.15, -0.1) is 0 Å². The number of imidazole rings is 1. The zero-order chi connectivity index (χ0) is 15.2. The summed E-state index contributed by atoms with van der Waals surface area (Å²) in [6.07, 6.45) is 2.93. The molecule has 0 amide bonds. The number of aryl methyl sites for hydroxylation is 2. The topological polar surface area (TPSA) is 39.1 Å². The molecule has 0 radical (unpaired) electrons. The molecule has 1 heterocycles. The highest BCUT2D eigenvalue weighted by molar-refractivity contribution is 6.32. The molecule has 4 nitrogen and oxygen atoms in total. The Morgan fingerprint density at radius 3 is 2.86 bits per heavy atom. The lowest BCUT2D eigenvalue weighted by Crippen LogP contribution is -2.10. The van der Waals surface area contributed by atoms with Crippen molar-refractivity contribution in [2.45, 2.75) is 27.2 Å². The zero-order valence-electron chi connectivity index (χ0n) is 12.8. The Morgan fingerprint density at radius 1 is 1.33 bits per heavy atom. The van der Waals surface area contributed by atoms with Gasteiger partial charge in [-0.25, -0.2) is 4.98 Å². The van der Waals surface area contributed by atoms with E-state index in [1.165, 1.54) is 0 Å². The molecule has 1 aromatic heterocycles. The van der Waals surface area contributed by atoms with E-state index in [-0.39, 0.29) is 0 Å². The number of ether oxygens (including phenoxy) is 1. The van der Waals surface area contributed by atoms with Crippen LogP contribution in [0.2, 0.25) is 5.02 Å². The molecule has 2 aromatic rings. The lowest BCUT2D eigenvalue weighted by molar-refractivity contribution is 0.147. The maximum Gasteiger partial charge on any atom is 0.207 e. The van der Waals surface area contributed by atoms with Crippen molar-refractivity contribution >= 4 is 17.5 Å². The Balaban J connectivity index is 2.13. The van der Waals surface area contributed by atoms with Crippen LogP contribution in [-0.2, 0) is 4.74 Å². The van der Waals surface area contributed by atoms with Crippen molar-refractivity contribution in [3.63, 3.8) is 0 Å². The zero-order valence-corrected chi connectivity index (χ0v) is 13.6. The third-order valence-electron chi connectivity index (χ3n) is 3.14. The fourth-order valence-electron chi connectivity index (χ4n) is 2.13. The van der Waals surface area contributed by atoms with Crippen molar-refractivity contribution in [1.29, 1.82) is 0 Å². The maximum absolute atomic E-state index is 6.35. The van der Waals surface area contributed by atoms with Gasteiger partial charge in [0, 0.05) is 26.0 Å². The van der Waals surface area contributed by atoms with Crippen molar-refractivity contribution in [2.75, 3.05) is 25.1 Å². The standard InChI is InChI=1S/C16H22ClN3O/c1-4-21-9-5-8-18-16-19-13(3)11-20(16)15-7-6-12(2)10-14(15)17/h6-7,10-11H,4-5,8-9H2,1-3H3,(H,18,19). The third-order valence-corrected chi connectivity index (χ3v) is 3.44. The summed E-state index contributed by atoms with van der Waals surface area (Å²) in [6, 6.07) is 6.03. The predicted molar refractivity (Wildman–Crippen MR) is 87.6 cm³/mol. The first-order valence-electron chi connectivity index (χ1n) is 7.26. The van der Waals surface area contributed by atoms with Crippen LogP contribution in [-0.4, -0.2) is 29.3 Å². The molecule has 0 atom stereocenters. The number of hydrogen-bond donors (Lipinski definition) is 1. The van der Waals surface area contributed by atoms with E-state index in [0.717, 1.165) is 54.1 Å². The number of anilines is 1. The molecule has 1 aromatic carbocycles. The Hall–Kier alpha value is -1.52. The summed E-state index contributed by atoms with van der Waals surface area (Å²) in [6.45, 7) is 8.34. The van der Waals surface area contributed by atoms with Gasteiger partial charge in [0.05, 0.1) is 16.4 Å². The smallest absolute Gasteiger partial charge is 0.207 e. The van der Waals surface area contributed by atoms with E-state index in [1.54, 1.807) is 0 Å². The summed E-state index contributed by atoms with van der Waals surface area (Å²) in [5.41, 5.74) is 3.04. The SMILES string of the molecule is CCOCCCNc1nc(C)cn1-c1ccc(C)cc1Cl. The van der Waals surface area contributed by atoms with Gasteiger partial charge in [0.25, 0.3) is 0 Å². The Labute approximate surface area is 131 Å². The van der Waals surface area contributed by atoms with Gasteiger partial charge in [-0.2, -0.15) is 0 Å². The third kappa shape index (κ3) is 4.22. The van der Waals surface area contributed by atoms with Gasteiger partial charge < -0.3 is 10.1 Å². The molecule has 0 aliphatic carbocycles. The first kappa shape index (κ1) is 15.9. The second-order valence-electron chi connectivity index (χ2n) is 5.01. The quantitative estimate of drug-likeness (QED) is 0.786. The minimum Gasteiger partial charge on any atom is -0.382 e. The Bertz CT molecular complexity index is 595. The molecule has 0 saturated heterocycles. The molecule has 0 bridgehead atoms. The maximum atomic E-state index is 6.35. The van der Waals surface area contributed by atoms with E-state index in [4.69, 9.17) is 16.3 Å². The molecule has 0 spiro atoms. The first-order valence-corrected chi connectivity index (χ1v) is 7.63. The van der Waals surface area contributed by atoms with Crippen LogP contribution in [0, 0.1) is 13.8 Å². The highest BCUT2D eigenvalue weighted by atomic mass is 35.5. The van der Waals surface area contributed by atoms with Gasteiger partial charge >= 0.3 is 0 Å². The van der Waals surface area contributed by atoms with Crippen LogP contribution in [0.4, 0.5) is 5.95 Å². The lowest BCUT2D eigenvalue weighted by atomic mass is 10.2. The van der Waals surface area contributed by atoms with E-state index in [1.807, 2.05) is 43.7 Å². The first-order chi connectivity index (χ1) is 10.1. The lowest BCUT2D eigenvalue weighted by Gasteiger charge is -2.11. The minimum atomic E-state index is 0.727. The van der Waals surface area contributed by atoms with Gasteiger partial charge in [-0.1, -0.05) is 17.7 Å². The largest absolute Gasteiger partial charge is 0.382 e. The number of aromatic nitrogens is 2. The van der Waals surface area contributed by atoms with Gasteiger partial charge in [-0.3, -0.25) is 4.57 Å². The molecule has 21 heavy (non-hydrogen) atoms. The second-order valence-corrected chi connectivity index (χ2v) is 5.42. The van der Waals surface area contributed by atoms with E-state index < -0.39 is 0 Å². The van der Waals surface area contributed by atoms with Crippen molar-refractivity contribution in [2.24, 2.45) is 0 Å². The molecule has 1 N–H and O–H groups in total. The van der Waals surface area contributed by atoms with Crippen LogP contribution in [0.15, 0.2) is 24.4 Å². The van der Waals surface area contributed by atoms with Crippen molar-refractivity contribution in [3.8, 4) is 5.69 Å². The predicted octanol–water partition coefficient (Wildman–Crippen LogP) is 3.98. The van der Waals surface area contributed by atoms with Crippen LogP contribution in [0.5, 0.6) is 0 Å². The van der Waals surface area contributed by atoms with Crippen LogP contribution in [0.25, 0.3) is 5.69 Å². The molecule has 0 aliphatic rings. The highest BCUT2D eigenvalue weighted by Gasteiger charge is 2.10. The van der Waals surface area contributed by atoms with Crippen LogP contribution in [0.1, 0.15) is 24.6 Å². The summed E-state index contributed by atoms with van der Waals surface area (Å²) in [7, 11) is 0. The second kappa shape index (κ2) is 7.48. The molecule has 0 saturated carbocycles. The van der Waals surface area contributed by atoms with Gasteiger partial charge in [-0.05, 0) is 44.9 Å². The number of rotatable bonds is 7. The van der Waals surface area contributed by atoms with Crippen molar-refractivity contribution in [1.82, 2.24) is 9.55 Å². The molecule has 0 fully saturated rings. The Kier molecular flexibility index (Phi) is 5.65. The fraction of sp³-hybridized carbons (Fsp3) is 0.438. The summed E-state index contributed by atoms with van der Waals surface area (Å²) in [5.74, 6) is 0.815. The summed E-state index contributed by atoms with van der Waals surface area (Å²) in [5, 5.41) is 4.07. The summed E-state index contributed by atoms with van der Waals surface area (Å²) >= 11 is 6.35. The molecule has 0 aliphatic heterocycles. The van der Waals surface area contributed by atoms with E-state index in [9.17, 15) is 0 Å². The highest BCUT2D eigenvalue weighted by Crippen LogP contribution is 2.25. The summed E-state index contributed by atoms with van der Waals surface area (Å²) < 4.78 is 7.33. The van der Waals surface area contributed by atoms with E-state index in [2.05, 4.69) is 16.4 Å². The molecular weight excluding hydrogens is 286 g/mol. The molecule has 114 valence electrons. The normalized spacial score (nSPS) is 10.9. The van der Waals surface area contributed by atoms with Crippen molar-refractivity contribution < 1.29 is 4.74 Å². The molecule has 0 unspecified atom stereocenters. The Morgan fingerprint density at radius 2 is 2.14 bits per heavy atom. The number of nitrogens with one attached hydrogen (secondary N) is 1. The van der Waals surface area contributed by atoms with Crippen LogP contribution >= 0.6 is 11.6 Å². The van der Waals surface area contributed by atoms with Crippen molar-refractivity contribution in [3.05, 3.63) is 40.7 Å². The van der Waals surface area contributed by atoms with Crippen LogP contribution < -0.4 is 5.32 Å². The van der Waals surface area contributed by atoms with Crippen LogP contribution in [0.3, 0.4) is 0 Å². The van der Waals surface area contributed by atoms with E-state index in [0.29, 0.717) is 0 Å². The fourth-order valence-corrected chi connectivity index (χ4v) is 2.46. The number of hydrogen-bond acceptors (Lipinski definition) is 3. The molecule has 2 rings (SSSR count). The minimum absolute atomic E-state index is 0.727. The molecule has 5 heteroatoms. The average molecular weight is 308 g/mol. The van der Waals surface area contributed by atoms with Gasteiger partial charge in [0.15, 0.2) is 0 Å². The average Bonchev–Trinajstić information content (AvgIpc) is 2.79. The number of halogens is 1. The summed E-state index contributed by atoms with van der Waals surface area (Å²) in [4.78, 5) is 4.52. The van der Waals surface area contributed by atoms with Gasteiger partial charge in [0.2, 0.25) is 5.95 Å². The number of nitrogens with zero attached hydrogens (tertiary/aromatic N) is 2. The number of benzene rings is 1. The van der Waals surface area contributed by atoms with Gasteiger partial charge in [0.1, 0.15) is 0 Å².